The van der Waals surface area contributed by atoms with Gasteiger partial charge in [0.1, 0.15) is 0 Å². The molecular weight excluding hydrogens is 221 g/mol. The quantitative estimate of drug-likeness (QED) is 0.111. The second-order valence-corrected chi connectivity index (χ2v) is 2.96. The third-order valence-corrected chi connectivity index (χ3v) is 0.859. The zero-order valence-electron chi connectivity index (χ0n) is 8.32. The molecule has 0 heterocycles. The van der Waals surface area contributed by atoms with E-state index in [1.165, 1.54) is 6.42 Å². The van der Waals surface area contributed by atoms with Crippen molar-refractivity contribution in [3.8, 4) is 0 Å². The first-order valence-electron chi connectivity index (χ1n) is 3.55. The fraction of sp³-hybridized carbons (Fsp3) is 0.800. The van der Waals surface area contributed by atoms with Crippen LogP contribution >= 0.6 is 0 Å². The maximum absolute atomic E-state index is 8.52. The Bertz CT molecular complexity index is 229. The number of hydrogen-bond donors (Lipinski definition) is 3. The Labute approximate surface area is 106 Å². The van der Waals surface area contributed by atoms with Crippen molar-refractivity contribution < 1.29 is 52.1 Å². The fourth-order valence-electron chi connectivity index (χ4n) is 0.410. The number of guanidine groups is 1. The smallest absolute Gasteiger partial charge is 0.759 e. The Morgan fingerprint density at radius 1 is 1.36 bits per heavy atom. The van der Waals surface area contributed by atoms with Crippen LogP contribution in [0.4, 0.5) is 0 Å². The van der Waals surface area contributed by atoms with Crippen LogP contribution in [0, 0.1) is 0 Å². The summed E-state index contributed by atoms with van der Waals surface area (Å²) in [5, 5.41) is 0. The molecule has 14 heavy (non-hydrogen) atoms. The van der Waals surface area contributed by atoms with Crippen molar-refractivity contribution in [2.24, 2.45) is 11.5 Å². The minimum Gasteiger partial charge on any atom is -0.759 e. The van der Waals surface area contributed by atoms with Crippen LogP contribution < -0.4 is 46.0 Å². The molecule has 80 valence electrons. The Morgan fingerprint density at radius 3 is 1.93 bits per heavy atom. The van der Waals surface area contributed by atoms with Gasteiger partial charge in [0.15, 0.2) is 0 Å². The summed E-state index contributed by atoms with van der Waals surface area (Å²) in [6.45, 7) is 3.01. The summed E-state index contributed by atoms with van der Waals surface area (Å²) in [4.78, 5) is 2.82. The molecule has 9 heteroatoms. The maximum atomic E-state index is 8.52. The number of rotatable bonds is 3. The molecule has 0 rings (SSSR count). The van der Waals surface area contributed by atoms with Crippen LogP contribution in [0.1, 0.15) is 19.8 Å². The van der Waals surface area contributed by atoms with Crippen LogP contribution in [0.15, 0.2) is 0 Å². The van der Waals surface area contributed by atoms with Gasteiger partial charge in [0.05, 0.1) is 6.54 Å². The number of hydrogen-bond acceptors (Lipinski definition) is 4. The summed E-state index contributed by atoms with van der Waals surface area (Å²) < 4.78 is 34.1. The van der Waals surface area contributed by atoms with E-state index in [2.05, 4.69) is 11.9 Å². The van der Waals surface area contributed by atoms with Gasteiger partial charge in [0, 0.05) is 10.4 Å². The summed E-state index contributed by atoms with van der Waals surface area (Å²) in [6, 6.07) is 0. The molecule has 0 unspecified atom stereocenters. The SMILES string of the molecule is CCCC[NH+]=C(N)N.O=S(=O)([O-])[O-].[Na+]. The molecule has 0 aromatic rings. The van der Waals surface area contributed by atoms with Crippen LogP contribution in [-0.4, -0.2) is 30.0 Å². The monoisotopic (exact) mass is 235 g/mol. The normalized spacial score (nSPS) is 9.07. The van der Waals surface area contributed by atoms with Gasteiger partial charge in [-0.05, 0) is 6.42 Å². The molecule has 0 atom stereocenters. The third kappa shape index (κ3) is 57.0. The van der Waals surface area contributed by atoms with E-state index in [0.29, 0.717) is 5.96 Å². The molecule has 0 aromatic heterocycles. The second kappa shape index (κ2) is 11.2. The average molecular weight is 235 g/mol. The van der Waals surface area contributed by atoms with Gasteiger partial charge < -0.3 is 9.11 Å². The van der Waals surface area contributed by atoms with Crippen molar-refractivity contribution in [2.75, 3.05) is 6.54 Å². The van der Waals surface area contributed by atoms with E-state index in [1.807, 2.05) is 0 Å². The van der Waals surface area contributed by atoms with Crippen LogP contribution in [0.5, 0.6) is 0 Å². The largest absolute Gasteiger partial charge is 1.00 e. The van der Waals surface area contributed by atoms with Crippen LogP contribution in [-0.2, 0) is 10.4 Å². The Balaban J connectivity index is -0.000000177. The molecule has 0 aliphatic carbocycles. The van der Waals surface area contributed by atoms with Crippen molar-refractivity contribution in [3.63, 3.8) is 0 Å². The van der Waals surface area contributed by atoms with E-state index in [9.17, 15) is 0 Å². The van der Waals surface area contributed by atoms with Crippen LogP contribution in [0.3, 0.4) is 0 Å². The van der Waals surface area contributed by atoms with E-state index in [0.717, 1.165) is 13.0 Å². The third-order valence-electron chi connectivity index (χ3n) is 0.859. The van der Waals surface area contributed by atoms with Crippen LogP contribution in [0.25, 0.3) is 0 Å². The van der Waals surface area contributed by atoms with Gasteiger partial charge in [-0.1, -0.05) is 13.3 Å². The maximum Gasteiger partial charge on any atom is 1.00 e. The Hall–Kier alpha value is 0.140. The van der Waals surface area contributed by atoms with Gasteiger partial charge in [0.25, 0.3) is 0 Å². The first kappa shape index (κ1) is 19.7. The Morgan fingerprint density at radius 2 is 1.71 bits per heavy atom. The first-order valence-corrected chi connectivity index (χ1v) is 4.89. The topological polar surface area (TPSA) is 146 Å². The second-order valence-electron chi connectivity index (χ2n) is 2.14. The predicted octanol–water partition coefficient (Wildman–Crippen LogP) is -6.19. The number of unbranched alkanes of at least 4 members (excludes halogenated alkanes) is 1. The van der Waals surface area contributed by atoms with Crippen molar-refractivity contribution >= 4 is 16.4 Å². The van der Waals surface area contributed by atoms with E-state index in [4.69, 9.17) is 29.0 Å². The predicted molar refractivity (Wildman–Crippen MR) is 44.6 cm³/mol. The minimum atomic E-state index is -5.17. The summed E-state index contributed by atoms with van der Waals surface area (Å²) in [7, 11) is -5.17. The van der Waals surface area contributed by atoms with Crippen molar-refractivity contribution in [1.29, 1.82) is 0 Å². The molecule has 0 spiro atoms. The standard InChI is InChI=1S/C5H13N3.Na.H2O4S/c1-2-3-4-8-5(6)7;;1-5(2,3)4/h2-4H2,1H3,(H4,6,7,8);;(H2,1,2,3,4)/q;+1;/p-1. The number of nitrogens with one attached hydrogen (secondary N) is 1. The first-order chi connectivity index (χ1) is 5.77. The zero-order chi connectivity index (χ0) is 10.9. The number of nitrogens with two attached hydrogens (primary N) is 2. The van der Waals surface area contributed by atoms with Gasteiger partial charge in [-0.3, -0.25) is 24.9 Å². The summed E-state index contributed by atoms with van der Waals surface area (Å²) >= 11 is 0. The van der Waals surface area contributed by atoms with E-state index < -0.39 is 10.4 Å². The van der Waals surface area contributed by atoms with Gasteiger partial charge >= 0.3 is 35.5 Å². The van der Waals surface area contributed by atoms with Gasteiger partial charge in [0.2, 0.25) is 0 Å². The molecule has 0 radical (unpaired) electrons. The van der Waals surface area contributed by atoms with E-state index in [1.54, 1.807) is 0 Å². The summed E-state index contributed by atoms with van der Waals surface area (Å²) in [5.74, 6) is 0.318. The molecule has 0 aliphatic heterocycles. The molecule has 0 amide bonds. The van der Waals surface area contributed by atoms with Crippen molar-refractivity contribution in [3.05, 3.63) is 0 Å². The molecule has 0 saturated carbocycles. The fourth-order valence-corrected chi connectivity index (χ4v) is 0.410. The molecular formula is C5H14N3NaO4S. The Kier molecular flexibility index (Phi) is 15.8. The van der Waals surface area contributed by atoms with Crippen LogP contribution in [0.2, 0.25) is 0 Å². The minimum absolute atomic E-state index is 0. The van der Waals surface area contributed by atoms with Crippen molar-refractivity contribution in [2.45, 2.75) is 19.8 Å². The molecule has 0 fully saturated rings. The zero-order valence-corrected chi connectivity index (χ0v) is 11.1. The molecule has 0 aromatic carbocycles. The van der Waals surface area contributed by atoms with E-state index >= 15 is 0 Å². The summed E-state index contributed by atoms with van der Waals surface area (Å²) in [5.41, 5.74) is 10.2. The van der Waals surface area contributed by atoms with Gasteiger partial charge in [-0.25, -0.2) is 0 Å². The van der Waals surface area contributed by atoms with Crippen molar-refractivity contribution in [1.82, 2.24) is 0 Å². The van der Waals surface area contributed by atoms with Gasteiger partial charge in [-0.15, -0.1) is 0 Å². The molecule has 0 aliphatic rings. The molecule has 0 bridgehead atoms. The van der Waals surface area contributed by atoms with Gasteiger partial charge in [-0.2, -0.15) is 0 Å². The molecule has 7 nitrogen and oxygen atoms in total. The average Bonchev–Trinajstić information content (AvgIpc) is 1.83. The molecule has 5 N–H and O–H groups in total. The van der Waals surface area contributed by atoms with E-state index in [-0.39, 0.29) is 29.6 Å². The molecule has 0 saturated heterocycles. The summed E-state index contributed by atoms with van der Waals surface area (Å²) in [6.07, 6.45) is 2.29.